The number of amides is 2. The molecule has 1 atom stereocenters. The standard InChI is InChI=1S/C19H27N3O6S/c1-14-4-3-5-15(10-14)28-12-17(23)20-16-11-22(29(2,25)26)13-19(21-18(16)24)6-8-27-9-7-19/h3-5,10,16H,6-9,11-13H2,1-2H3,(H,20,23)(H,21,24). The van der Waals surface area contributed by atoms with Gasteiger partial charge in [-0.3, -0.25) is 9.59 Å². The molecule has 2 heterocycles. The van der Waals surface area contributed by atoms with Crippen LogP contribution in [0.25, 0.3) is 0 Å². The molecule has 0 aromatic heterocycles. The first-order chi connectivity index (χ1) is 13.7. The van der Waals surface area contributed by atoms with Gasteiger partial charge in [0.2, 0.25) is 15.9 Å². The highest BCUT2D eigenvalue weighted by atomic mass is 32.2. The van der Waals surface area contributed by atoms with Gasteiger partial charge >= 0.3 is 0 Å². The molecule has 29 heavy (non-hydrogen) atoms. The quantitative estimate of drug-likeness (QED) is 0.675. The van der Waals surface area contributed by atoms with Gasteiger partial charge in [0.05, 0.1) is 11.8 Å². The van der Waals surface area contributed by atoms with E-state index in [4.69, 9.17) is 9.47 Å². The van der Waals surface area contributed by atoms with Gasteiger partial charge < -0.3 is 20.1 Å². The first-order valence-corrected chi connectivity index (χ1v) is 11.4. The summed E-state index contributed by atoms with van der Waals surface area (Å²) in [5.74, 6) is -0.352. The van der Waals surface area contributed by atoms with Crippen LogP contribution in [0.3, 0.4) is 0 Å². The highest BCUT2D eigenvalue weighted by Crippen LogP contribution is 2.25. The Bertz CT molecular complexity index is 866. The third kappa shape index (κ3) is 5.68. The van der Waals surface area contributed by atoms with Crippen LogP contribution in [0.5, 0.6) is 5.75 Å². The van der Waals surface area contributed by atoms with Crippen LogP contribution in [-0.4, -0.2) is 75.3 Å². The van der Waals surface area contributed by atoms with E-state index in [9.17, 15) is 18.0 Å². The smallest absolute Gasteiger partial charge is 0.258 e. The predicted octanol–water partition coefficient (Wildman–Crippen LogP) is -0.201. The van der Waals surface area contributed by atoms with Gasteiger partial charge in [-0.25, -0.2) is 8.42 Å². The molecule has 2 N–H and O–H groups in total. The predicted molar refractivity (Wildman–Crippen MR) is 106 cm³/mol. The van der Waals surface area contributed by atoms with Gasteiger partial charge in [-0.1, -0.05) is 12.1 Å². The van der Waals surface area contributed by atoms with Crippen LogP contribution >= 0.6 is 0 Å². The van der Waals surface area contributed by atoms with E-state index in [1.165, 1.54) is 4.31 Å². The largest absolute Gasteiger partial charge is 0.484 e. The summed E-state index contributed by atoms with van der Waals surface area (Å²) in [5, 5.41) is 5.56. The lowest BCUT2D eigenvalue weighted by molar-refractivity contribution is -0.131. The molecular weight excluding hydrogens is 398 g/mol. The molecule has 2 aliphatic heterocycles. The first-order valence-electron chi connectivity index (χ1n) is 9.51. The highest BCUT2D eigenvalue weighted by molar-refractivity contribution is 7.88. The molecular formula is C19H27N3O6S. The van der Waals surface area contributed by atoms with Crippen LogP contribution in [0, 0.1) is 6.92 Å². The number of carbonyl (C=O) groups excluding carboxylic acids is 2. The summed E-state index contributed by atoms with van der Waals surface area (Å²) in [5.41, 5.74) is 0.312. The van der Waals surface area contributed by atoms with Gasteiger partial charge in [0.1, 0.15) is 11.8 Å². The summed E-state index contributed by atoms with van der Waals surface area (Å²) in [6.07, 6.45) is 2.14. The zero-order valence-electron chi connectivity index (χ0n) is 16.6. The van der Waals surface area contributed by atoms with Crippen molar-refractivity contribution in [2.45, 2.75) is 31.3 Å². The second-order valence-electron chi connectivity index (χ2n) is 7.66. The molecule has 1 unspecified atom stereocenters. The SMILES string of the molecule is Cc1cccc(OCC(=O)NC2CN(S(C)(=O)=O)CC3(CCOCC3)NC2=O)c1. The Labute approximate surface area is 170 Å². The molecule has 2 aliphatic rings. The van der Waals surface area contributed by atoms with Crippen molar-refractivity contribution in [3.05, 3.63) is 29.8 Å². The number of aryl methyl sites for hydroxylation is 1. The van der Waals surface area contributed by atoms with Crippen LogP contribution in [0.15, 0.2) is 24.3 Å². The number of rotatable bonds is 5. The summed E-state index contributed by atoms with van der Waals surface area (Å²) in [6, 6.07) is 6.26. The van der Waals surface area contributed by atoms with Gasteiger partial charge in [-0.15, -0.1) is 0 Å². The lowest BCUT2D eigenvalue weighted by Crippen LogP contribution is -2.58. The lowest BCUT2D eigenvalue weighted by Gasteiger charge is -2.38. The Kier molecular flexibility index (Phi) is 6.45. The first kappa shape index (κ1) is 21.5. The molecule has 160 valence electrons. The van der Waals surface area contributed by atoms with E-state index in [0.717, 1.165) is 11.8 Å². The molecule has 3 rings (SSSR count). The van der Waals surface area contributed by atoms with Gasteiger partial charge in [0.25, 0.3) is 5.91 Å². The van der Waals surface area contributed by atoms with Crippen molar-refractivity contribution >= 4 is 21.8 Å². The molecule has 1 aromatic rings. The summed E-state index contributed by atoms with van der Waals surface area (Å²) in [7, 11) is -3.56. The number of ether oxygens (including phenoxy) is 2. The Morgan fingerprint density at radius 1 is 1.38 bits per heavy atom. The number of nitrogens with zero attached hydrogens (tertiary/aromatic N) is 1. The average molecular weight is 426 g/mol. The zero-order valence-corrected chi connectivity index (χ0v) is 17.5. The number of carbonyl (C=O) groups is 2. The highest BCUT2D eigenvalue weighted by Gasteiger charge is 2.43. The van der Waals surface area contributed by atoms with Crippen LogP contribution in [0.1, 0.15) is 18.4 Å². The van der Waals surface area contributed by atoms with Crippen LogP contribution in [-0.2, 0) is 24.3 Å². The van der Waals surface area contributed by atoms with Gasteiger partial charge in [0.15, 0.2) is 6.61 Å². The van der Waals surface area contributed by atoms with Gasteiger partial charge in [0, 0.05) is 26.3 Å². The van der Waals surface area contributed by atoms with E-state index in [-0.39, 0.29) is 19.7 Å². The maximum atomic E-state index is 12.8. The van der Waals surface area contributed by atoms with E-state index in [1.807, 2.05) is 19.1 Å². The molecule has 1 spiro atoms. The van der Waals surface area contributed by atoms with Crippen molar-refractivity contribution in [2.75, 3.05) is 39.2 Å². The third-order valence-corrected chi connectivity index (χ3v) is 6.40. The second-order valence-corrected chi connectivity index (χ2v) is 9.65. The van der Waals surface area contributed by atoms with Crippen LogP contribution in [0.2, 0.25) is 0 Å². The normalized spacial score (nSPS) is 22.6. The van der Waals surface area contributed by atoms with Crippen LogP contribution < -0.4 is 15.4 Å². The fourth-order valence-corrected chi connectivity index (χ4v) is 4.48. The fraction of sp³-hybridized carbons (Fsp3) is 0.579. The van der Waals surface area contributed by atoms with Crippen molar-refractivity contribution in [3.63, 3.8) is 0 Å². The Hall–Kier alpha value is -2.17. The van der Waals surface area contributed by atoms with Gasteiger partial charge in [-0.2, -0.15) is 4.31 Å². The number of hydrogen-bond donors (Lipinski definition) is 2. The number of sulfonamides is 1. The third-order valence-electron chi connectivity index (χ3n) is 5.18. The minimum atomic E-state index is -3.56. The van der Waals surface area contributed by atoms with Gasteiger partial charge in [-0.05, 0) is 37.5 Å². The molecule has 10 heteroatoms. The Morgan fingerprint density at radius 2 is 2.10 bits per heavy atom. The molecule has 0 saturated carbocycles. The Morgan fingerprint density at radius 3 is 2.76 bits per heavy atom. The molecule has 9 nitrogen and oxygen atoms in total. The van der Waals surface area contributed by atoms with E-state index >= 15 is 0 Å². The number of benzene rings is 1. The van der Waals surface area contributed by atoms with E-state index < -0.39 is 33.4 Å². The fourth-order valence-electron chi connectivity index (χ4n) is 3.58. The minimum Gasteiger partial charge on any atom is -0.484 e. The summed E-state index contributed by atoms with van der Waals surface area (Å²) in [4.78, 5) is 25.1. The van der Waals surface area contributed by atoms with Crippen molar-refractivity contribution in [1.82, 2.24) is 14.9 Å². The summed E-state index contributed by atoms with van der Waals surface area (Å²) < 4.78 is 36.6. The van der Waals surface area contributed by atoms with Crippen molar-refractivity contribution in [2.24, 2.45) is 0 Å². The molecule has 2 fully saturated rings. The van der Waals surface area contributed by atoms with E-state index in [2.05, 4.69) is 10.6 Å². The number of nitrogens with one attached hydrogen (secondary N) is 2. The van der Waals surface area contributed by atoms with Crippen molar-refractivity contribution in [3.8, 4) is 5.75 Å². The van der Waals surface area contributed by atoms with Crippen molar-refractivity contribution in [1.29, 1.82) is 0 Å². The zero-order chi connectivity index (χ0) is 21.1. The monoisotopic (exact) mass is 425 g/mol. The second kappa shape index (κ2) is 8.68. The molecule has 2 amide bonds. The molecule has 0 bridgehead atoms. The average Bonchev–Trinajstić information content (AvgIpc) is 2.77. The van der Waals surface area contributed by atoms with E-state index in [1.54, 1.807) is 12.1 Å². The summed E-state index contributed by atoms with van der Waals surface area (Å²) >= 11 is 0. The van der Waals surface area contributed by atoms with Crippen LogP contribution in [0.4, 0.5) is 0 Å². The minimum absolute atomic E-state index is 0.122. The molecule has 1 aromatic carbocycles. The Balaban J connectivity index is 1.68. The maximum absolute atomic E-state index is 12.8. The topological polar surface area (TPSA) is 114 Å². The van der Waals surface area contributed by atoms with Crippen molar-refractivity contribution < 1.29 is 27.5 Å². The summed E-state index contributed by atoms with van der Waals surface area (Å²) in [6.45, 7) is 2.56. The molecule has 0 radical (unpaired) electrons. The number of hydrogen-bond acceptors (Lipinski definition) is 6. The molecule has 2 saturated heterocycles. The maximum Gasteiger partial charge on any atom is 0.258 e. The van der Waals surface area contributed by atoms with E-state index in [0.29, 0.717) is 31.8 Å². The lowest BCUT2D eigenvalue weighted by atomic mass is 9.90. The molecule has 0 aliphatic carbocycles.